The summed E-state index contributed by atoms with van der Waals surface area (Å²) in [7, 11) is 0. The fourth-order valence-corrected chi connectivity index (χ4v) is 2.61. The van der Waals surface area contributed by atoms with Crippen molar-refractivity contribution >= 4 is 11.6 Å². The van der Waals surface area contributed by atoms with Crippen molar-refractivity contribution in [3.8, 4) is 0 Å². The zero-order chi connectivity index (χ0) is 14.0. The van der Waals surface area contributed by atoms with Crippen LogP contribution in [-0.4, -0.2) is 24.0 Å². The highest BCUT2D eigenvalue weighted by Gasteiger charge is 2.33. The molecule has 0 aromatic heterocycles. The first-order valence-electron chi connectivity index (χ1n) is 6.20. The molecule has 2 N–H and O–H groups in total. The van der Waals surface area contributed by atoms with E-state index in [-0.39, 0.29) is 11.1 Å². The lowest BCUT2D eigenvalue weighted by Crippen LogP contribution is -2.42. The van der Waals surface area contributed by atoms with E-state index in [9.17, 15) is 13.2 Å². The SMILES string of the molecule is N[C@@H]1CCCN(Cc2ccc(Cl)c(C(F)(F)F)c2)C1. The average Bonchev–Trinajstić information content (AvgIpc) is 2.30. The first kappa shape index (κ1) is 14.6. The van der Waals surface area contributed by atoms with E-state index in [4.69, 9.17) is 17.3 Å². The molecule has 0 amide bonds. The van der Waals surface area contributed by atoms with Gasteiger partial charge in [-0.2, -0.15) is 13.2 Å². The standard InChI is InChI=1S/C13H16ClF3N2/c14-12-4-3-9(6-11(12)13(15,16)17)7-19-5-1-2-10(18)8-19/h3-4,6,10H,1-2,5,7-8,18H2/t10-/m1/s1. The number of piperidine rings is 1. The fourth-order valence-electron chi connectivity index (χ4n) is 2.38. The minimum Gasteiger partial charge on any atom is -0.327 e. The molecule has 1 fully saturated rings. The van der Waals surface area contributed by atoms with Gasteiger partial charge < -0.3 is 5.73 Å². The van der Waals surface area contributed by atoms with Crippen molar-refractivity contribution < 1.29 is 13.2 Å². The molecule has 0 spiro atoms. The third-order valence-electron chi connectivity index (χ3n) is 3.28. The Morgan fingerprint density at radius 2 is 2.11 bits per heavy atom. The molecular weight excluding hydrogens is 277 g/mol. The summed E-state index contributed by atoms with van der Waals surface area (Å²) in [6.07, 6.45) is -2.45. The second-order valence-electron chi connectivity index (χ2n) is 4.95. The predicted molar refractivity (Wildman–Crippen MR) is 68.9 cm³/mol. The van der Waals surface area contributed by atoms with Gasteiger partial charge in [-0.05, 0) is 37.1 Å². The zero-order valence-corrected chi connectivity index (χ0v) is 11.1. The second-order valence-corrected chi connectivity index (χ2v) is 5.36. The predicted octanol–water partition coefficient (Wildman–Crippen LogP) is 3.28. The number of nitrogens with two attached hydrogens (primary N) is 1. The largest absolute Gasteiger partial charge is 0.417 e. The third kappa shape index (κ3) is 3.84. The van der Waals surface area contributed by atoms with E-state index in [0.29, 0.717) is 12.1 Å². The van der Waals surface area contributed by atoms with E-state index in [2.05, 4.69) is 4.90 Å². The smallest absolute Gasteiger partial charge is 0.327 e. The maximum absolute atomic E-state index is 12.8. The molecule has 1 aliphatic heterocycles. The van der Waals surface area contributed by atoms with Crippen LogP contribution in [0.15, 0.2) is 18.2 Å². The highest BCUT2D eigenvalue weighted by atomic mass is 35.5. The van der Waals surface area contributed by atoms with Crippen molar-refractivity contribution in [1.29, 1.82) is 0 Å². The number of likely N-dealkylation sites (tertiary alicyclic amines) is 1. The zero-order valence-electron chi connectivity index (χ0n) is 10.4. The number of hydrogen-bond donors (Lipinski definition) is 1. The number of nitrogens with zero attached hydrogens (tertiary/aromatic N) is 1. The van der Waals surface area contributed by atoms with E-state index in [1.54, 1.807) is 6.07 Å². The van der Waals surface area contributed by atoms with Gasteiger partial charge in [0.25, 0.3) is 0 Å². The fraction of sp³-hybridized carbons (Fsp3) is 0.538. The maximum atomic E-state index is 12.8. The quantitative estimate of drug-likeness (QED) is 0.906. The van der Waals surface area contributed by atoms with E-state index < -0.39 is 11.7 Å². The van der Waals surface area contributed by atoms with Crippen LogP contribution in [0.1, 0.15) is 24.0 Å². The first-order valence-corrected chi connectivity index (χ1v) is 6.57. The molecule has 1 aromatic carbocycles. The lowest BCUT2D eigenvalue weighted by Gasteiger charge is -2.30. The van der Waals surface area contributed by atoms with E-state index in [1.807, 2.05) is 0 Å². The van der Waals surface area contributed by atoms with Crippen molar-refractivity contribution in [2.75, 3.05) is 13.1 Å². The molecule has 1 atom stereocenters. The third-order valence-corrected chi connectivity index (χ3v) is 3.61. The van der Waals surface area contributed by atoms with Crippen LogP contribution in [0.3, 0.4) is 0 Å². The van der Waals surface area contributed by atoms with Gasteiger partial charge in [-0.15, -0.1) is 0 Å². The van der Waals surface area contributed by atoms with Gasteiger partial charge in [-0.1, -0.05) is 17.7 Å². The van der Waals surface area contributed by atoms with Gasteiger partial charge in [-0.3, -0.25) is 4.90 Å². The van der Waals surface area contributed by atoms with Crippen molar-refractivity contribution in [3.63, 3.8) is 0 Å². The molecule has 106 valence electrons. The summed E-state index contributed by atoms with van der Waals surface area (Å²) >= 11 is 5.59. The number of halogens is 4. The van der Waals surface area contributed by atoms with Crippen LogP contribution in [0.2, 0.25) is 5.02 Å². The second kappa shape index (κ2) is 5.69. The van der Waals surface area contributed by atoms with Crippen molar-refractivity contribution in [1.82, 2.24) is 4.90 Å². The molecule has 0 unspecified atom stereocenters. The highest BCUT2D eigenvalue weighted by Crippen LogP contribution is 2.35. The summed E-state index contributed by atoms with van der Waals surface area (Å²) in [5, 5.41) is -0.258. The monoisotopic (exact) mass is 292 g/mol. The molecule has 2 nitrogen and oxygen atoms in total. The van der Waals surface area contributed by atoms with Crippen molar-refractivity contribution in [3.05, 3.63) is 34.3 Å². The Kier molecular flexibility index (Phi) is 4.38. The van der Waals surface area contributed by atoms with E-state index >= 15 is 0 Å². The Labute approximate surface area is 115 Å². The molecule has 1 heterocycles. The summed E-state index contributed by atoms with van der Waals surface area (Å²) in [5.74, 6) is 0. The van der Waals surface area contributed by atoms with Gasteiger partial charge in [0, 0.05) is 19.1 Å². The molecular formula is C13H16ClF3N2. The molecule has 0 saturated carbocycles. The lowest BCUT2D eigenvalue weighted by atomic mass is 10.0. The Bertz CT molecular complexity index is 448. The summed E-state index contributed by atoms with van der Waals surface area (Å²) < 4.78 is 38.3. The molecule has 1 aromatic rings. The van der Waals surface area contributed by atoms with E-state index in [1.165, 1.54) is 6.07 Å². The van der Waals surface area contributed by atoms with Gasteiger partial charge in [0.05, 0.1) is 10.6 Å². The Morgan fingerprint density at radius 3 is 2.74 bits per heavy atom. The molecule has 2 rings (SSSR count). The van der Waals surface area contributed by atoms with Crippen molar-refractivity contribution in [2.24, 2.45) is 5.73 Å². The van der Waals surface area contributed by atoms with Crippen LogP contribution in [0.4, 0.5) is 13.2 Å². The normalized spacial score (nSPS) is 21.6. The summed E-state index contributed by atoms with van der Waals surface area (Å²) in [5.41, 5.74) is 5.71. The van der Waals surface area contributed by atoms with Gasteiger partial charge in [0.1, 0.15) is 0 Å². The van der Waals surface area contributed by atoms with Crippen LogP contribution < -0.4 is 5.73 Å². The van der Waals surface area contributed by atoms with Gasteiger partial charge in [0.15, 0.2) is 0 Å². The number of benzene rings is 1. The van der Waals surface area contributed by atoms with Crippen LogP contribution >= 0.6 is 11.6 Å². The van der Waals surface area contributed by atoms with Crippen LogP contribution in [0, 0.1) is 0 Å². The van der Waals surface area contributed by atoms with Crippen LogP contribution in [0.5, 0.6) is 0 Å². The lowest BCUT2D eigenvalue weighted by molar-refractivity contribution is -0.137. The number of rotatable bonds is 2. The van der Waals surface area contributed by atoms with E-state index in [0.717, 1.165) is 32.0 Å². The maximum Gasteiger partial charge on any atom is 0.417 e. The van der Waals surface area contributed by atoms with Gasteiger partial charge in [-0.25, -0.2) is 0 Å². The highest BCUT2D eigenvalue weighted by molar-refractivity contribution is 6.31. The first-order chi connectivity index (χ1) is 8.86. The Morgan fingerprint density at radius 1 is 1.37 bits per heavy atom. The molecule has 0 radical (unpaired) electrons. The van der Waals surface area contributed by atoms with Gasteiger partial charge >= 0.3 is 6.18 Å². The van der Waals surface area contributed by atoms with Crippen LogP contribution in [0.25, 0.3) is 0 Å². The molecule has 19 heavy (non-hydrogen) atoms. The van der Waals surface area contributed by atoms with Gasteiger partial charge in [0.2, 0.25) is 0 Å². The molecule has 1 aliphatic rings. The molecule has 6 heteroatoms. The summed E-state index contributed by atoms with van der Waals surface area (Å²) in [6, 6.07) is 4.19. The minimum absolute atomic E-state index is 0.114. The Hall–Kier alpha value is -0.780. The molecule has 0 aliphatic carbocycles. The molecule has 0 bridgehead atoms. The molecule has 1 saturated heterocycles. The average molecular weight is 293 g/mol. The number of hydrogen-bond acceptors (Lipinski definition) is 2. The topological polar surface area (TPSA) is 29.3 Å². The summed E-state index contributed by atoms with van der Waals surface area (Å²) in [6.45, 7) is 2.08. The summed E-state index contributed by atoms with van der Waals surface area (Å²) in [4.78, 5) is 2.08. The van der Waals surface area contributed by atoms with Crippen molar-refractivity contribution in [2.45, 2.75) is 31.6 Å². The Balaban J connectivity index is 2.13. The minimum atomic E-state index is -4.41. The number of alkyl halides is 3. The van der Waals surface area contributed by atoms with Crippen LogP contribution in [-0.2, 0) is 12.7 Å².